The van der Waals surface area contributed by atoms with Crippen LogP contribution in [0.2, 0.25) is 15.1 Å². The van der Waals surface area contributed by atoms with Crippen LogP contribution in [0, 0.1) is 17.5 Å². The summed E-state index contributed by atoms with van der Waals surface area (Å²) in [7, 11) is 0. The van der Waals surface area contributed by atoms with Crippen molar-refractivity contribution >= 4 is 126 Å². The number of nitrogens with zero attached hydrogens (tertiary/aromatic N) is 18. The van der Waals surface area contributed by atoms with Crippen molar-refractivity contribution < 1.29 is 108 Å². The molecule has 0 aromatic carbocycles. The van der Waals surface area contributed by atoms with Crippen molar-refractivity contribution in [2.75, 3.05) is 72.0 Å². The summed E-state index contributed by atoms with van der Waals surface area (Å²) < 4.78 is 221. The van der Waals surface area contributed by atoms with Gasteiger partial charge in [0.2, 0.25) is 35.5 Å². The highest BCUT2D eigenvalue weighted by Crippen LogP contribution is 2.40. The second-order valence-electron chi connectivity index (χ2n) is 29.1. The minimum absolute atomic E-state index is 0. The molecule has 32 nitrogen and oxygen atoms in total. The highest BCUT2D eigenvalue weighted by atomic mass is 35.5. The minimum Gasteiger partial charge on any atom is -0.388 e. The molecule has 1 unspecified atom stereocenters. The smallest absolute Gasteiger partial charge is 0.388 e. The number of aliphatic hydroxyl groups is 2. The first-order valence-electron chi connectivity index (χ1n) is 37.0. The van der Waals surface area contributed by atoms with E-state index in [0.717, 1.165) is 29.8 Å². The molecule has 12 aromatic heterocycles. The van der Waals surface area contributed by atoms with Crippen LogP contribution in [0.4, 0.5) is 98.2 Å². The Bertz CT molecular complexity index is 5830. The zero-order valence-corrected chi connectivity index (χ0v) is 66.3. The van der Waals surface area contributed by atoms with Crippen LogP contribution in [0.1, 0.15) is 50.2 Å². The number of carbonyl (C=O) groups excluding carboxylic acids is 4. The number of alkyl halides is 14. The molecule has 16 heterocycles. The lowest BCUT2D eigenvalue weighted by Crippen LogP contribution is -2.46. The Morgan fingerprint density at radius 1 is 0.448 bits per heavy atom. The first kappa shape index (κ1) is 90.3. The first-order valence-corrected chi connectivity index (χ1v) is 38.1. The number of amides is 4. The van der Waals surface area contributed by atoms with Gasteiger partial charge >= 0.3 is 24.7 Å². The van der Waals surface area contributed by atoms with Crippen molar-refractivity contribution in [1.29, 1.82) is 0 Å². The fourth-order valence-corrected chi connectivity index (χ4v) is 14.5. The number of H-pyrrole nitrogens is 4. The van der Waals surface area contributed by atoms with Crippen LogP contribution in [0.3, 0.4) is 0 Å². The molecule has 8 atom stereocenters. The number of pyridine rings is 4. The van der Waals surface area contributed by atoms with Crippen molar-refractivity contribution in [3.8, 4) is 45.6 Å². The van der Waals surface area contributed by atoms with Crippen molar-refractivity contribution in [2.24, 2.45) is 0 Å². The van der Waals surface area contributed by atoms with E-state index in [1.807, 2.05) is 5.32 Å². The number of halogens is 20. The summed E-state index contributed by atoms with van der Waals surface area (Å²) in [6.07, 6.45) is -6.25. The van der Waals surface area contributed by atoms with Crippen molar-refractivity contribution in [2.45, 2.75) is 118 Å². The van der Waals surface area contributed by atoms with E-state index in [9.17, 15) is 104 Å². The number of hydrogen-bond donors (Lipinski definition) is 10. The number of aromatic nitrogens is 18. The summed E-state index contributed by atoms with van der Waals surface area (Å²) in [6, 6.07) is 1.25. The van der Waals surface area contributed by atoms with Crippen molar-refractivity contribution in [3.63, 3.8) is 0 Å². The zero-order chi connectivity index (χ0) is 90.2. The normalized spacial score (nSPS) is 20.4. The molecule has 4 amide bonds. The van der Waals surface area contributed by atoms with E-state index in [2.05, 4.69) is 89.7 Å². The summed E-state index contributed by atoms with van der Waals surface area (Å²) >= 11 is 18.0. The molecule has 52 heteroatoms. The topological polar surface area (TPSA) is 413 Å². The third-order valence-corrected chi connectivity index (χ3v) is 20.4. The van der Waals surface area contributed by atoms with E-state index in [0.29, 0.717) is 81.5 Å². The van der Waals surface area contributed by atoms with Gasteiger partial charge in [-0.15, -0.1) is 0 Å². The van der Waals surface area contributed by atoms with Gasteiger partial charge in [0.1, 0.15) is 104 Å². The minimum atomic E-state index is -4.61. The lowest BCUT2D eigenvalue weighted by Gasteiger charge is -2.25. The number of rotatable bonds is 17. The zero-order valence-electron chi connectivity index (χ0n) is 64.0. The number of fused-ring (bicyclic) bond motifs is 4. The fraction of sp³-hybridized carbons (Fsp3) is 0.370. The quantitative estimate of drug-likeness (QED) is 0.0379. The maximum Gasteiger partial charge on any atom is 0.405 e. The van der Waals surface area contributed by atoms with Crippen LogP contribution in [0.5, 0.6) is 0 Å². The summed E-state index contributed by atoms with van der Waals surface area (Å²) in [5, 5.41) is 31.7. The van der Waals surface area contributed by atoms with Crippen molar-refractivity contribution in [1.82, 2.24) is 111 Å². The van der Waals surface area contributed by atoms with E-state index in [-0.39, 0.29) is 109 Å². The Morgan fingerprint density at radius 3 is 1.14 bits per heavy atom. The molecule has 0 spiro atoms. The Kier molecular flexibility index (Phi) is 26.1. The van der Waals surface area contributed by atoms with Gasteiger partial charge in [-0.05, 0) is 37.6 Å². The van der Waals surface area contributed by atoms with Crippen LogP contribution < -0.4 is 40.9 Å². The van der Waals surface area contributed by atoms with E-state index in [4.69, 9.17) is 34.8 Å². The summed E-state index contributed by atoms with van der Waals surface area (Å²) in [5.74, 6) is -6.48. The highest BCUT2D eigenvalue weighted by molar-refractivity contribution is 6.32. The molecule has 4 aliphatic rings. The number of anilines is 4. The maximum absolute atomic E-state index is 14.8. The summed E-state index contributed by atoms with van der Waals surface area (Å²) in [5.41, 5.74) is 0.944. The van der Waals surface area contributed by atoms with Gasteiger partial charge in [0.25, 0.3) is 0 Å². The molecule has 12 aromatic rings. The van der Waals surface area contributed by atoms with Gasteiger partial charge in [-0.1, -0.05) is 41.7 Å². The Morgan fingerprint density at radius 2 is 0.776 bits per heavy atom. The van der Waals surface area contributed by atoms with Crippen LogP contribution >= 0.6 is 34.8 Å². The summed E-state index contributed by atoms with van der Waals surface area (Å²) in [4.78, 5) is 123. The van der Waals surface area contributed by atoms with E-state index in [1.54, 1.807) is 59.7 Å². The predicted molar refractivity (Wildman–Crippen MR) is 420 cm³/mol. The standard InChI is InChI=1S/C20H19ClF4N6O2.C19H17ClF4N6O2.C17H14ClF4N7O.C17H14F5N7O.3H2/c1-2-19(33)4-14(18(32)29-8-20(23,24)25)31(9-19)17-13(22)7-28-16(30-17)12-6-27-15-11(12)3-10(21)5-26-15;1-18(32)3-13(17(31)28-7-19(22,23)24)30(8-18)16-12(21)6-27-15(29-16)11-5-26-14-10(11)2-9(20)4-25-14;2*18-8-1-10-11(4-24-13(10)23-3-8)14-26-7-27-16(28-14)29-5-9(19)2-12(29)15(30)25-6-17(20,21)22;;;/h3,5-7,14,33H,2,4,8-9H2,1H3,(H,26,27)(H,29,32);2,4-6,13,32H,3,7-8H2,1H3,(H,25,26)(H,28,31);2*1,3-4,7,9,12H,2,5-6H2,(H,23,24)(H,25,30);3*1H/t14-,19-;13?,18-;9-,12+;9-,12-;;;/m1100.../s1. The lowest BCUT2D eigenvalue weighted by atomic mass is 9.97. The van der Waals surface area contributed by atoms with Gasteiger partial charge < -0.3 is 71.0 Å². The van der Waals surface area contributed by atoms with Gasteiger partial charge in [-0.3, -0.25) is 19.2 Å². The molecule has 10 N–H and O–H groups in total. The fourth-order valence-electron chi connectivity index (χ4n) is 14.1. The Balaban J connectivity index is 0.000000176. The largest absolute Gasteiger partial charge is 0.405 e. The third kappa shape index (κ3) is 21.7. The second kappa shape index (κ2) is 36.1. The maximum atomic E-state index is 14.8. The number of aromatic amines is 4. The molecule has 0 saturated carbocycles. The van der Waals surface area contributed by atoms with E-state index < -0.39 is 140 Å². The molecule has 4 fully saturated rings. The number of β-amino-alcohol motifs (C(OH)–C–C–N with tert-alkyl or cyclic N) is 2. The second-order valence-corrected chi connectivity index (χ2v) is 30.4. The molecule has 0 aliphatic carbocycles. The van der Waals surface area contributed by atoms with Crippen LogP contribution in [0.25, 0.3) is 89.7 Å². The molecular weight excluding hydrogens is 1770 g/mol. The SMILES string of the molecule is CC[C@@]1(O)C[C@H](C(=O)NCC(F)(F)F)N(c2nc(-c3c[nH]c4ncc(Cl)cc34)ncc2F)C1.C[C@@]1(O)CC(C(=O)NCC(F)(F)F)N(c2nc(-c3c[nH]c4ncc(Cl)cc34)ncc2F)C1.O=C(NCC(F)(F)F)[C@@H]1C[C@H](F)CN1c1ncnc(-c2c[nH]c3ncc(F)cc23)n1.O=C(NCC(F)(F)F)[C@H]1C[C@H](F)CN1c1ncnc(-c2c[nH]c3ncc(Cl)cc23)n1.[HH].[HH].[HH]. The van der Waals surface area contributed by atoms with Crippen LogP contribution in [0.15, 0.2) is 98.9 Å². The van der Waals surface area contributed by atoms with Gasteiger partial charge in [0.05, 0.1) is 58.0 Å². The molecule has 125 heavy (non-hydrogen) atoms. The average molecular weight is 1840 g/mol. The Hall–Kier alpha value is -12.4. The monoisotopic (exact) mass is 1830 g/mol. The van der Waals surface area contributed by atoms with Gasteiger partial charge in [0, 0.05) is 130 Å². The number of carbonyl (C=O) groups is 4. The van der Waals surface area contributed by atoms with Crippen LogP contribution in [-0.4, -0.2) is 248 Å². The number of hydrogen-bond acceptors (Lipinski definition) is 24. The van der Waals surface area contributed by atoms with Gasteiger partial charge in [0.15, 0.2) is 46.6 Å². The highest BCUT2D eigenvalue weighted by Gasteiger charge is 2.49. The molecule has 0 bridgehead atoms. The van der Waals surface area contributed by atoms with E-state index >= 15 is 0 Å². The number of nitrogens with one attached hydrogen (secondary N) is 8. The Labute approximate surface area is 709 Å². The molecule has 0 radical (unpaired) electrons. The van der Waals surface area contributed by atoms with Gasteiger partial charge in [-0.25, -0.2) is 81.8 Å². The van der Waals surface area contributed by atoms with E-state index in [1.165, 1.54) is 58.8 Å². The third-order valence-electron chi connectivity index (χ3n) is 19.7. The van der Waals surface area contributed by atoms with Gasteiger partial charge in [-0.2, -0.15) is 62.7 Å². The molecular formula is C73H70Cl3F17N26O6. The molecule has 4 saturated heterocycles. The molecule has 668 valence electrons. The van der Waals surface area contributed by atoms with Crippen molar-refractivity contribution in [3.05, 3.63) is 131 Å². The predicted octanol–water partition coefficient (Wildman–Crippen LogP) is 11.6. The first-order chi connectivity index (χ1) is 58.8. The average Bonchev–Trinajstić information content (AvgIpc) is 1.58. The lowest BCUT2D eigenvalue weighted by molar-refractivity contribution is -0.139. The molecule has 16 rings (SSSR count). The van der Waals surface area contributed by atoms with Crippen LogP contribution in [-0.2, 0) is 19.2 Å². The summed E-state index contributed by atoms with van der Waals surface area (Å²) in [6.45, 7) is -3.94. The molecule has 4 aliphatic heterocycles.